The first-order chi connectivity index (χ1) is 8.15. The zero-order chi connectivity index (χ0) is 12.3. The van der Waals surface area contributed by atoms with E-state index < -0.39 is 11.5 Å². The standard InChI is InChI=1S/C14H15NO2/c1-17-13(16)14(15)9-7-12(8-10-14)11-5-3-2-4-6-11/h2-9H,10,15H2,1H3. The van der Waals surface area contributed by atoms with Crippen molar-refractivity contribution in [3.63, 3.8) is 0 Å². The molecule has 17 heavy (non-hydrogen) atoms. The first kappa shape index (κ1) is 11.6. The fourth-order valence-corrected chi connectivity index (χ4v) is 1.84. The van der Waals surface area contributed by atoms with Crippen LogP contribution in [0.1, 0.15) is 12.0 Å². The highest BCUT2D eigenvalue weighted by atomic mass is 16.5. The lowest BCUT2D eigenvalue weighted by molar-refractivity contribution is -0.145. The van der Waals surface area contributed by atoms with Gasteiger partial charge in [0.05, 0.1) is 7.11 Å². The molecule has 0 aliphatic heterocycles. The van der Waals surface area contributed by atoms with Crippen LogP contribution in [0.15, 0.2) is 48.6 Å². The van der Waals surface area contributed by atoms with Gasteiger partial charge in [-0.2, -0.15) is 0 Å². The van der Waals surface area contributed by atoms with Crippen molar-refractivity contribution >= 4 is 11.5 Å². The maximum absolute atomic E-state index is 11.5. The minimum atomic E-state index is -1.02. The zero-order valence-electron chi connectivity index (χ0n) is 9.72. The highest BCUT2D eigenvalue weighted by Crippen LogP contribution is 2.25. The molecule has 88 valence electrons. The van der Waals surface area contributed by atoms with Crippen molar-refractivity contribution in [2.24, 2.45) is 5.73 Å². The summed E-state index contributed by atoms with van der Waals surface area (Å²) in [6, 6.07) is 9.98. The zero-order valence-corrected chi connectivity index (χ0v) is 9.72. The smallest absolute Gasteiger partial charge is 0.330 e. The fraction of sp³-hybridized carbons (Fsp3) is 0.214. The summed E-state index contributed by atoms with van der Waals surface area (Å²) in [6.07, 6.45) is 6.00. The molecule has 0 spiro atoms. The molecule has 0 aromatic heterocycles. The lowest BCUT2D eigenvalue weighted by Crippen LogP contribution is -2.47. The van der Waals surface area contributed by atoms with Gasteiger partial charge < -0.3 is 10.5 Å². The first-order valence-corrected chi connectivity index (χ1v) is 5.48. The Hall–Kier alpha value is -1.87. The predicted molar refractivity (Wildman–Crippen MR) is 67.1 cm³/mol. The maximum Gasteiger partial charge on any atom is 0.330 e. The summed E-state index contributed by atoms with van der Waals surface area (Å²) in [5.41, 5.74) is 7.13. The molecular weight excluding hydrogens is 214 g/mol. The Morgan fingerprint density at radius 3 is 2.59 bits per heavy atom. The highest BCUT2D eigenvalue weighted by molar-refractivity contribution is 5.87. The molecule has 0 saturated carbocycles. The van der Waals surface area contributed by atoms with Gasteiger partial charge >= 0.3 is 5.97 Å². The molecule has 0 fully saturated rings. The minimum absolute atomic E-state index is 0.405. The lowest BCUT2D eigenvalue weighted by atomic mass is 9.87. The van der Waals surface area contributed by atoms with Crippen molar-refractivity contribution in [1.29, 1.82) is 0 Å². The van der Waals surface area contributed by atoms with E-state index in [0.29, 0.717) is 6.42 Å². The van der Waals surface area contributed by atoms with Gasteiger partial charge in [0, 0.05) is 0 Å². The molecule has 1 aliphatic carbocycles. The van der Waals surface area contributed by atoms with Gasteiger partial charge in [-0.25, -0.2) is 4.79 Å². The van der Waals surface area contributed by atoms with Crippen molar-refractivity contribution in [3.05, 3.63) is 54.1 Å². The van der Waals surface area contributed by atoms with Crippen LogP contribution in [-0.2, 0) is 9.53 Å². The second kappa shape index (κ2) is 4.55. The summed E-state index contributed by atoms with van der Waals surface area (Å²) in [6.45, 7) is 0. The first-order valence-electron chi connectivity index (χ1n) is 5.48. The van der Waals surface area contributed by atoms with Gasteiger partial charge in [0.2, 0.25) is 0 Å². The minimum Gasteiger partial charge on any atom is -0.467 e. The van der Waals surface area contributed by atoms with Crippen LogP contribution in [0.25, 0.3) is 5.57 Å². The molecule has 0 radical (unpaired) electrons. The Kier molecular flexibility index (Phi) is 3.11. The summed E-state index contributed by atoms with van der Waals surface area (Å²) < 4.78 is 4.69. The molecule has 1 aromatic carbocycles. The number of carbonyl (C=O) groups excluding carboxylic acids is 1. The Morgan fingerprint density at radius 1 is 1.35 bits per heavy atom. The van der Waals surface area contributed by atoms with Crippen LogP contribution in [0, 0.1) is 0 Å². The van der Waals surface area contributed by atoms with Gasteiger partial charge in [0.1, 0.15) is 5.54 Å². The van der Waals surface area contributed by atoms with Gasteiger partial charge in [-0.3, -0.25) is 0 Å². The van der Waals surface area contributed by atoms with Crippen LogP contribution < -0.4 is 5.73 Å². The summed E-state index contributed by atoms with van der Waals surface area (Å²) in [5.74, 6) is -0.405. The van der Waals surface area contributed by atoms with E-state index in [0.717, 1.165) is 11.1 Å². The molecule has 0 heterocycles. The Bertz CT molecular complexity index is 476. The molecular formula is C14H15NO2. The number of allylic oxidation sites excluding steroid dienone is 2. The monoisotopic (exact) mass is 229 g/mol. The molecule has 1 unspecified atom stereocenters. The van der Waals surface area contributed by atoms with Crippen molar-refractivity contribution in [2.75, 3.05) is 7.11 Å². The van der Waals surface area contributed by atoms with Gasteiger partial charge in [-0.1, -0.05) is 48.6 Å². The van der Waals surface area contributed by atoms with E-state index in [9.17, 15) is 4.79 Å². The number of hydrogen-bond donors (Lipinski definition) is 1. The predicted octanol–water partition coefficient (Wildman–Crippen LogP) is 1.90. The average molecular weight is 229 g/mol. The second-order valence-electron chi connectivity index (χ2n) is 4.09. The molecule has 2 N–H and O–H groups in total. The number of carbonyl (C=O) groups is 1. The average Bonchev–Trinajstić information content (AvgIpc) is 2.39. The van der Waals surface area contributed by atoms with E-state index in [1.54, 1.807) is 6.08 Å². The van der Waals surface area contributed by atoms with E-state index in [1.165, 1.54) is 7.11 Å². The summed E-state index contributed by atoms with van der Waals surface area (Å²) >= 11 is 0. The fourth-order valence-electron chi connectivity index (χ4n) is 1.84. The van der Waals surface area contributed by atoms with Crippen LogP contribution in [0.4, 0.5) is 0 Å². The third-order valence-electron chi connectivity index (χ3n) is 2.89. The van der Waals surface area contributed by atoms with Crippen molar-refractivity contribution in [1.82, 2.24) is 0 Å². The maximum atomic E-state index is 11.5. The third kappa shape index (κ3) is 2.29. The summed E-state index contributed by atoms with van der Waals surface area (Å²) in [7, 11) is 1.35. The molecule has 3 nitrogen and oxygen atoms in total. The number of esters is 1. The third-order valence-corrected chi connectivity index (χ3v) is 2.89. The van der Waals surface area contributed by atoms with Gasteiger partial charge in [0.25, 0.3) is 0 Å². The Balaban J connectivity index is 2.20. The Labute approximate surface area is 101 Å². The molecule has 3 heteroatoms. The van der Waals surface area contributed by atoms with Crippen LogP contribution in [-0.4, -0.2) is 18.6 Å². The van der Waals surface area contributed by atoms with Crippen LogP contribution in [0.3, 0.4) is 0 Å². The van der Waals surface area contributed by atoms with Crippen LogP contribution in [0.5, 0.6) is 0 Å². The van der Waals surface area contributed by atoms with E-state index >= 15 is 0 Å². The van der Waals surface area contributed by atoms with E-state index in [-0.39, 0.29) is 0 Å². The number of benzene rings is 1. The number of nitrogens with two attached hydrogens (primary N) is 1. The van der Waals surface area contributed by atoms with Crippen LogP contribution in [0.2, 0.25) is 0 Å². The van der Waals surface area contributed by atoms with E-state index in [4.69, 9.17) is 5.73 Å². The molecule has 0 saturated heterocycles. The second-order valence-corrected chi connectivity index (χ2v) is 4.09. The lowest BCUT2D eigenvalue weighted by Gasteiger charge is -2.24. The van der Waals surface area contributed by atoms with Crippen molar-refractivity contribution < 1.29 is 9.53 Å². The SMILES string of the molecule is COC(=O)C1(N)C=CC(c2ccccc2)=CC1. The molecule has 1 aliphatic rings. The molecule has 0 amide bonds. The van der Waals surface area contributed by atoms with Gasteiger partial charge in [-0.05, 0) is 17.6 Å². The Morgan fingerprint density at radius 2 is 2.06 bits per heavy atom. The molecule has 0 bridgehead atoms. The molecule has 1 aromatic rings. The van der Waals surface area contributed by atoms with Crippen molar-refractivity contribution in [2.45, 2.75) is 12.0 Å². The molecule has 2 rings (SSSR count). The van der Waals surface area contributed by atoms with E-state index in [2.05, 4.69) is 4.74 Å². The summed E-state index contributed by atoms with van der Waals surface area (Å²) in [5, 5.41) is 0. The number of ether oxygens (including phenoxy) is 1. The van der Waals surface area contributed by atoms with Crippen LogP contribution >= 0.6 is 0 Å². The number of hydrogen-bond acceptors (Lipinski definition) is 3. The normalized spacial score (nSPS) is 23.1. The summed E-state index contributed by atoms with van der Waals surface area (Å²) in [4.78, 5) is 11.5. The van der Waals surface area contributed by atoms with Crippen molar-refractivity contribution in [3.8, 4) is 0 Å². The topological polar surface area (TPSA) is 52.3 Å². The van der Waals surface area contributed by atoms with Gasteiger partial charge in [0.15, 0.2) is 0 Å². The van der Waals surface area contributed by atoms with E-state index in [1.807, 2.05) is 42.5 Å². The number of methoxy groups -OCH3 is 1. The highest BCUT2D eigenvalue weighted by Gasteiger charge is 2.33. The quantitative estimate of drug-likeness (QED) is 0.788. The number of rotatable bonds is 2. The largest absolute Gasteiger partial charge is 0.467 e. The molecule has 1 atom stereocenters. The van der Waals surface area contributed by atoms with Gasteiger partial charge in [-0.15, -0.1) is 0 Å².